The third kappa shape index (κ3) is 5.61. The molecule has 4 nitrogen and oxygen atoms in total. The summed E-state index contributed by atoms with van der Waals surface area (Å²) in [6.07, 6.45) is 1.11. The lowest BCUT2D eigenvalue weighted by Gasteiger charge is -2.11. The molecule has 128 valence electrons. The summed E-state index contributed by atoms with van der Waals surface area (Å²) in [5, 5.41) is 2.58. The molecule has 0 fully saturated rings. The number of hydrogen-bond acceptors (Lipinski definition) is 4. The van der Waals surface area contributed by atoms with Crippen LogP contribution in [0.15, 0.2) is 53.4 Å². The Hall–Kier alpha value is -1.93. The van der Waals surface area contributed by atoms with E-state index in [1.807, 2.05) is 0 Å². The number of sulfone groups is 1. The van der Waals surface area contributed by atoms with E-state index in [4.69, 9.17) is 0 Å². The van der Waals surface area contributed by atoms with Gasteiger partial charge in [-0.05, 0) is 29.8 Å². The van der Waals surface area contributed by atoms with Crippen LogP contribution in [0.3, 0.4) is 0 Å². The van der Waals surface area contributed by atoms with Crippen molar-refractivity contribution in [1.29, 1.82) is 0 Å². The quantitative estimate of drug-likeness (QED) is 0.785. The summed E-state index contributed by atoms with van der Waals surface area (Å²) in [5.74, 6) is -3.26. The number of carbonyl (C=O) groups is 1. The van der Waals surface area contributed by atoms with Gasteiger partial charge in [0.25, 0.3) is 11.7 Å². The Labute approximate surface area is 143 Å². The van der Waals surface area contributed by atoms with Crippen LogP contribution in [0, 0.1) is 0 Å². The molecule has 0 aliphatic rings. The highest BCUT2D eigenvalue weighted by Crippen LogP contribution is 2.31. The van der Waals surface area contributed by atoms with Crippen molar-refractivity contribution in [1.82, 2.24) is 0 Å². The Kier molecular flexibility index (Phi) is 5.95. The second kappa shape index (κ2) is 7.76. The molecule has 24 heavy (non-hydrogen) atoms. The number of thioether (sulfide) groups is 1. The Morgan fingerprint density at radius 1 is 1.17 bits per heavy atom. The molecule has 0 aromatic heterocycles. The molecule has 2 aromatic rings. The lowest BCUT2D eigenvalue weighted by molar-refractivity contribution is 0.102. The first-order chi connectivity index (χ1) is 11.2. The monoisotopic (exact) mass is 371 g/mol. The van der Waals surface area contributed by atoms with Gasteiger partial charge in [0.1, 0.15) is 0 Å². The SMILES string of the molecule is CS(=O)(=O)Cc1cccc(C(=O)Nc2ccccc2SC(F)F)c1. The van der Waals surface area contributed by atoms with Crippen LogP contribution in [0.25, 0.3) is 0 Å². The van der Waals surface area contributed by atoms with E-state index in [0.717, 1.165) is 6.26 Å². The first-order valence-electron chi connectivity index (χ1n) is 6.86. The van der Waals surface area contributed by atoms with E-state index in [9.17, 15) is 22.0 Å². The summed E-state index contributed by atoms with van der Waals surface area (Å²) in [5.41, 5.74) is 1.02. The molecule has 0 bridgehead atoms. The maximum Gasteiger partial charge on any atom is 0.288 e. The number of alkyl halides is 2. The fourth-order valence-electron chi connectivity index (χ4n) is 2.07. The minimum absolute atomic E-state index is 0.175. The average Bonchev–Trinajstić information content (AvgIpc) is 2.47. The Morgan fingerprint density at radius 2 is 1.88 bits per heavy atom. The fourth-order valence-corrected chi connectivity index (χ4v) is 3.45. The van der Waals surface area contributed by atoms with Gasteiger partial charge in [-0.15, -0.1) is 0 Å². The molecule has 0 radical (unpaired) electrons. The third-order valence-corrected chi connectivity index (χ3v) is 4.62. The van der Waals surface area contributed by atoms with Crippen LogP contribution in [-0.4, -0.2) is 26.3 Å². The summed E-state index contributed by atoms with van der Waals surface area (Å²) in [6.45, 7) is 0. The van der Waals surface area contributed by atoms with Crippen molar-refractivity contribution in [3.05, 3.63) is 59.7 Å². The van der Waals surface area contributed by atoms with Crippen molar-refractivity contribution in [2.45, 2.75) is 16.4 Å². The van der Waals surface area contributed by atoms with Crippen LogP contribution in [-0.2, 0) is 15.6 Å². The predicted molar refractivity (Wildman–Crippen MR) is 91.2 cm³/mol. The van der Waals surface area contributed by atoms with Crippen molar-refractivity contribution in [3.8, 4) is 0 Å². The van der Waals surface area contributed by atoms with Crippen molar-refractivity contribution >= 4 is 33.2 Å². The molecule has 0 atom stereocenters. The molecule has 0 heterocycles. The highest BCUT2D eigenvalue weighted by atomic mass is 32.2. The number of carbonyl (C=O) groups excluding carboxylic acids is 1. The van der Waals surface area contributed by atoms with Gasteiger partial charge in [0.2, 0.25) is 0 Å². The van der Waals surface area contributed by atoms with Gasteiger partial charge in [-0.1, -0.05) is 36.0 Å². The predicted octanol–water partition coefficient (Wildman–Crippen LogP) is 3.80. The molecular formula is C16H15F2NO3S2. The number of hydrogen-bond donors (Lipinski definition) is 1. The van der Waals surface area contributed by atoms with Crippen molar-refractivity contribution in [3.63, 3.8) is 0 Å². The maximum atomic E-state index is 12.6. The summed E-state index contributed by atoms with van der Waals surface area (Å²) >= 11 is 0.346. The number of amides is 1. The van der Waals surface area contributed by atoms with E-state index in [1.165, 1.54) is 24.3 Å². The van der Waals surface area contributed by atoms with Crippen molar-refractivity contribution in [2.75, 3.05) is 11.6 Å². The van der Waals surface area contributed by atoms with Crippen LogP contribution >= 0.6 is 11.8 Å². The second-order valence-electron chi connectivity index (χ2n) is 5.10. The highest BCUT2D eigenvalue weighted by Gasteiger charge is 2.14. The number of halogens is 2. The van der Waals surface area contributed by atoms with Crippen LogP contribution in [0.2, 0.25) is 0 Å². The molecule has 0 saturated heterocycles. The number of anilines is 1. The van der Waals surface area contributed by atoms with Gasteiger partial charge in [0, 0.05) is 16.7 Å². The molecular weight excluding hydrogens is 356 g/mol. The molecule has 1 N–H and O–H groups in total. The molecule has 0 saturated carbocycles. The first kappa shape index (κ1) is 18.4. The number of benzene rings is 2. The summed E-state index contributed by atoms with van der Waals surface area (Å²) in [7, 11) is -3.22. The minimum Gasteiger partial charge on any atom is -0.321 e. The van der Waals surface area contributed by atoms with Crippen LogP contribution in [0.4, 0.5) is 14.5 Å². The number of nitrogens with one attached hydrogen (secondary N) is 1. The standard InChI is InChI=1S/C16H15F2NO3S2/c1-24(21,22)10-11-5-4-6-12(9-11)15(20)19-13-7-2-3-8-14(13)23-16(17)18/h2-9,16H,10H2,1H3,(H,19,20). The smallest absolute Gasteiger partial charge is 0.288 e. The highest BCUT2D eigenvalue weighted by molar-refractivity contribution is 7.99. The van der Waals surface area contributed by atoms with E-state index in [0.29, 0.717) is 17.3 Å². The van der Waals surface area contributed by atoms with E-state index in [-0.39, 0.29) is 21.9 Å². The zero-order valence-electron chi connectivity index (χ0n) is 12.7. The van der Waals surface area contributed by atoms with Crippen LogP contribution in [0.1, 0.15) is 15.9 Å². The maximum absolute atomic E-state index is 12.6. The topological polar surface area (TPSA) is 63.2 Å². The Balaban J connectivity index is 2.20. The second-order valence-corrected chi connectivity index (χ2v) is 8.27. The van der Waals surface area contributed by atoms with Crippen molar-refractivity contribution in [2.24, 2.45) is 0 Å². The normalized spacial score (nSPS) is 11.5. The fraction of sp³-hybridized carbons (Fsp3) is 0.188. The van der Waals surface area contributed by atoms with Crippen LogP contribution in [0.5, 0.6) is 0 Å². The lowest BCUT2D eigenvalue weighted by atomic mass is 10.1. The van der Waals surface area contributed by atoms with E-state index in [2.05, 4.69) is 5.32 Å². The van der Waals surface area contributed by atoms with Gasteiger partial charge in [0.15, 0.2) is 9.84 Å². The molecule has 0 spiro atoms. The molecule has 0 unspecified atom stereocenters. The average molecular weight is 371 g/mol. The Morgan fingerprint density at radius 3 is 2.54 bits per heavy atom. The lowest BCUT2D eigenvalue weighted by Crippen LogP contribution is -2.13. The summed E-state index contributed by atoms with van der Waals surface area (Å²) in [6, 6.07) is 12.4. The molecule has 8 heteroatoms. The van der Waals surface area contributed by atoms with Gasteiger partial charge < -0.3 is 5.32 Å². The van der Waals surface area contributed by atoms with E-state index in [1.54, 1.807) is 24.3 Å². The zero-order valence-corrected chi connectivity index (χ0v) is 14.3. The van der Waals surface area contributed by atoms with Gasteiger partial charge in [-0.25, -0.2) is 8.42 Å². The summed E-state index contributed by atoms with van der Waals surface area (Å²) < 4.78 is 47.8. The van der Waals surface area contributed by atoms with Gasteiger partial charge in [-0.3, -0.25) is 4.79 Å². The largest absolute Gasteiger partial charge is 0.321 e. The molecule has 0 aliphatic heterocycles. The summed E-state index contributed by atoms with van der Waals surface area (Å²) in [4.78, 5) is 12.6. The van der Waals surface area contributed by atoms with Gasteiger partial charge in [0.05, 0.1) is 11.4 Å². The number of rotatable bonds is 6. The van der Waals surface area contributed by atoms with E-state index >= 15 is 0 Å². The van der Waals surface area contributed by atoms with Gasteiger partial charge in [-0.2, -0.15) is 8.78 Å². The molecule has 1 amide bonds. The molecule has 2 aromatic carbocycles. The van der Waals surface area contributed by atoms with Crippen LogP contribution < -0.4 is 5.32 Å². The Bertz CT molecular complexity index is 839. The number of para-hydroxylation sites is 1. The molecule has 0 aliphatic carbocycles. The van der Waals surface area contributed by atoms with Gasteiger partial charge >= 0.3 is 0 Å². The minimum atomic E-state index is -3.22. The van der Waals surface area contributed by atoms with Crippen molar-refractivity contribution < 1.29 is 22.0 Å². The van der Waals surface area contributed by atoms with E-state index < -0.39 is 21.5 Å². The third-order valence-electron chi connectivity index (χ3n) is 2.97. The molecule has 2 rings (SSSR count). The zero-order chi connectivity index (χ0) is 17.7. The first-order valence-corrected chi connectivity index (χ1v) is 9.80.